The highest BCUT2D eigenvalue weighted by atomic mass is 16.3. The van der Waals surface area contributed by atoms with Crippen molar-refractivity contribution in [1.29, 1.82) is 0 Å². The average molecular weight is 404 g/mol. The fourth-order valence-electron chi connectivity index (χ4n) is 3.70. The topological polar surface area (TPSA) is 87.5 Å². The number of aromatic nitrogens is 1. The van der Waals surface area contributed by atoms with Gasteiger partial charge in [-0.25, -0.2) is 0 Å². The van der Waals surface area contributed by atoms with Gasteiger partial charge in [-0.2, -0.15) is 0 Å². The highest BCUT2D eigenvalue weighted by Crippen LogP contribution is 2.27. The molecule has 0 bridgehead atoms. The second-order valence-corrected chi connectivity index (χ2v) is 7.23. The van der Waals surface area contributed by atoms with Gasteiger partial charge in [0.05, 0.1) is 24.5 Å². The van der Waals surface area contributed by atoms with E-state index in [1.807, 2.05) is 24.3 Å². The van der Waals surface area contributed by atoms with Crippen LogP contribution in [0.25, 0.3) is 0 Å². The van der Waals surface area contributed by atoms with Crippen molar-refractivity contribution in [2.24, 2.45) is 0 Å². The maximum absolute atomic E-state index is 12.3. The molecule has 7 heteroatoms. The van der Waals surface area contributed by atoms with Crippen molar-refractivity contribution in [1.82, 2.24) is 20.5 Å². The smallest absolute Gasteiger partial charge is 0.309 e. The van der Waals surface area contributed by atoms with Crippen molar-refractivity contribution < 1.29 is 14.0 Å². The van der Waals surface area contributed by atoms with Crippen molar-refractivity contribution >= 4 is 11.8 Å². The second kappa shape index (κ2) is 9.37. The molecule has 1 aromatic carbocycles. The summed E-state index contributed by atoms with van der Waals surface area (Å²) in [7, 11) is 0. The number of carbonyl (C=O) groups excluding carboxylic acids is 2. The molecule has 0 saturated heterocycles. The van der Waals surface area contributed by atoms with E-state index in [0.29, 0.717) is 5.69 Å². The molecule has 1 aliphatic rings. The minimum Gasteiger partial charge on any atom is -0.468 e. The molecule has 2 N–H and O–H groups in total. The van der Waals surface area contributed by atoms with Gasteiger partial charge in [0.2, 0.25) is 0 Å². The van der Waals surface area contributed by atoms with E-state index in [9.17, 15) is 9.59 Å². The fraction of sp³-hybridized carbons (Fsp3) is 0.261. The number of rotatable bonds is 6. The van der Waals surface area contributed by atoms with Crippen LogP contribution >= 0.6 is 0 Å². The van der Waals surface area contributed by atoms with Gasteiger partial charge in [-0.1, -0.05) is 30.3 Å². The molecule has 0 spiro atoms. The Bertz CT molecular complexity index is 989. The third-order valence-corrected chi connectivity index (χ3v) is 5.29. The summed E-state index contributed by atoms with van der Waals surface area (Å²) in [5.74, 6) is -0.577. The number of pyridine rings is 1. The minimum absolute atomic E-state index is 0.152. The van der Waals surface area contributed by atoms with Crippen LogP contribution in [0.15, 0.2) is 71.5 Å². The predicted octanol–water partition coefficient (Wildman–Crippen LogP) is 2.21. The fourth-order valence-corrected chi connectivity index (χ4v) is 3.70. The number of hydrogen-bond donors (Lipinski definition) is 2. The highest BCUT2D eigenvalue weighted by molar-refractivity contribution is 6.35. The van der Waals surface area contributed by atoms with Gasteiger partial charge >= 0.3 is 11.8 Å². The molecule has 4 rings (SSSR count). The summed E-state index contributed by atoms with van der Waals surface area (Å²) >= 11 is 0. The molecule has 0 aliphatic carbocycles. The van der Waals surface area contributed by atoms with E-state index in [1.165, 1.54) is 11.1 Å². The lowest BCUT2D eigenvalue weighted by Crippen LogP contribution is -2.45. The van der Waals surface area contributed by atoms with Crippen LogP contribution in [0.1, 0.15) is 28.6 Å². The maximum atomic E-state index is 12.3. The van der Waals surface area contributed by atoms with Crippen molar-refractivity contribution in [2.45, 2.75) is 25.6 Å². The van der Waals surface area contributed by atoms with E-state index in [0.717, 1.165) is 25.3 Å². The number of carbonyl (C=O) groups is 2. The quantitative estimate of drug-likeness (QED) is 0.615. The molecule has 1 aliphatic heterocycles. The van der Waals surface area contributed by atoms with E-state index in [2.05, 4.69) is 38.7 Å². The van der Waals surface area contributed by atoms with Crippen LogP contribution in [0.5, 0.6) is 0 Å². The van der Waals surface area contributed by atoms with E-state index in [1.54, 1.807) is 24.6 Å². The van der Waals surface area contributed by atoms with Crippen LogP contribution in [-0.2, 0) is 29.1 Å². The second-order valence-electron chi connectivity index (χ2n) is 7.23. The first-order chi connectivity index (χ1) is 14.7. The predicted molar refractivity (Wildman–Crippen MR) is 111 cm³/mol. The highest BCUT2D eigenvalue weighted by Gasteiger charge is 2.27. The van der Waals surface area contributed by atoms with Crippen LogP contribution in [0.4, 0.5) is 0 Å². The van der Waals surface area contributed by atoms with E-state index >= 15 is 0 Å². The summed E-state index contributed by atoms with van der Waals surface area (Å²) in [4.78, 5) is 30.9. The summed E-state index contributed by atoms with van der Waals surface area (Å²) in [6.45, 7) is 2.11. The van der Waals surface area contributed by atoms with Crippen LogP contribution in [0.3, 0.4) is 0 Å². The molecule has 1 atom stereocenters. The molecule has 154 valence electrons. The SMILES string of the molecule is O=C(NCc1ccccn1)C(=O)NC[C@@H](c1ccco1)N1CCc2ccccc2C1. The normalized spacial score (nSPS) is 14.5. The Morgan fingerprint density at radius 3 is 2.57 bits per heavy atom. The molecule has 30 heavy (non-hydrogen) atoms. The molecule has 2 aromatic heterocycles. The van der Waals surface area contributed by atoms with E-state index in [-0.39, 0.29) is 19.1 Å². The van der Waals surface area contributed by atoms with Crippen LogP contribution in [0, 0.1) is 0 Å². The van der Waals surface area contributed by atoms with Crippen molar-refractivity contribution in [3.8, 4) is 0 Å². The lowest BCUT2D eigenvalue weighted by atomic mass is 9.98. The lowest BCUT2D eigenvalue weighted by molar-refractivity contribution is -0.139. The standard InChI is InChI=1S/C23H24N4O3/c28-22(25-14-19-8-3-4-11-24-19)23(29)26-15-20(21-9-5-13-30-21)27-12-10-17-6-1-2-7-18(17)16-27/h1-9,11,13,20H,10,12,14-16H2,(H,25,28)(H,26,29)/t20-/m0/s1. The Balaban J connectivity index is 1.37. The van der Waals surface area contributed by atoms with Gasteiger partial charge < -0.3 is 15.1 Å². The molecule has 3 aromatic rings. The maximum Gasteiger partial charge on any atom is 0.309 e. The number of fused-ring (bicyclic) bond motifs is 1. The first kappa shape index (κ1) is 19.8. The largest absolute Gasteiger partial charge is 0.468 e. The van der Waals surface area contributed by atoms with Crippen molar-refractivity contribution in [3.63, 3.8) is 0 Å². The van der Waals surface area contributed by atoms with Gasteiger partial charge in [0.1, 0.15) is 5.76 Å². The number of hydrogen-bond acceptors (Lipinski definition) is 5. The number of nitrogens with zero attached hydrogens (tertiary/aromatic N) is 2. The van der Waals surface area contributed by atoms with Gasteiger partial charge in [0.15, 0.2) is 0 Å². The van der Waals surface area contributed by atoms with Crippen molar-refractivity contribution in [3.05, 3.63) is 89.6 Å². The Labute approximate surface area is 175 Å². The molecule has 2 amide bonds. The third-order valence-electron chi connectivity index (χ3n) is 5.29. The zero-order valence-electron chi connectivity index (χ0n) is 16.6. The third kappa shape index (κ3) is 4.75. The van der Waals surface area contributed by atoms with Gasteiger partial charge in [-0.05, 0) is 41.8 Å². The molecule has 0 fully saturated rings. The summed E-state index contributed by atoms with van der Waals surface area (Å²) < 4.78 is 5.63. The van der Waals surface area contributed by atoms with E-state index < -0.39 is 11.8 Å². The van der Waals surface area contributed by atoms with Gasteiger partial charge in [-0.15, -0.1) is 0 Å². The molecule has 0 unspecified atom stereocenters. The van der Waals surface area contributed by atoms with Crippen LogP contribution in [-0.4, -0.2) is 34.8 Å². The van der Waals surface area contributed by atoms with Crippen molar-refractivity contribution in [2.75, 3.05) is 13.1 Å². The summed E-state index contributed by atoms with van der Waals surface area (Å²) in [5, 5.41) is 5.35. The number of furan rings is 1. The number of nitrogens with one attached hydrogen (secondary N) is 2. The molecule has 0 saturated carbocycles. The van der Waals surface area contributed by atoms with Crippen LogP contribution in [0.2, 0.25) is 0 Å². The Morgan fingerprint density at radius 2 is 1.80 bits per heavy atom. The molecule has 3 heterocycles. The summed E-state index contributed by atoms with van der Waals surface area (Å²) in [6.07, 6.45) is 4.21. The van der Waals surface area contributed by atoms with Gasteiger partial charge in [0.25, 0.3) is 0 Å². The number of amides is 2. The molecule has 0 radical (unpaired) electrons. The lowest BCUT2D eigenvalue weighted by Gasteiger charge is -2.34. The Hall–Kier alpha value is -3.45. The zero-order valence-corrected chi connectivity index (χ0v) is 16.6. The van der Waals surface area contributed by atoms with Gasteiger partial charge in [0, 0.05) is 25.8 Å². The van der Waals surface area contributed by atoms with E-state index in [4.69, 9.17) is 4.42 Å². The first-order valence-corrected chi connectivity index (χ1v) is 10.0. The average Bonchev–Trinajstić information content (AvgIpc) is 3.32. The molecular weight excluding hydrogens is 380 g/mol. The molecular formula is C23H24N4O3. The van der Waals surface area contributed by atoms with Gasteiger partial charge in [-0.3, -0.25) is 19.5 Å². The first-order valence-electron chi connectivity index (χ1n) is 10.0. The minimum atomic E-state index is -0.678. The summed E-state index contributed by atoms with van der Waals surface area (Å²) in [6, 6.07) is 17.4. The Kier molecular flexibility index (Phi) is 6.20. The van der Waals surface area contributed by atoms with Crippen LogP contribution < -0.4 is 10.6 Å². The number of benzene rings is 1. The molecule has 7 nitrogen and oxygen atoms in total. The monoisotopic (exact) mass is 404 g/mol. The Morgan fingerprint density at radius 1 is 1.00 bits per heavy atom. The summed E-state index contributed by atoms with van der Waals surface area (Å²) in [5.41, 5.74) is 3.32. The zero-order chi connectivity index (χ0) is 20.8.